The molecule has 0 radical (unpaired) electrons. The second-order valence-electron chi connectivity index (χ2n) is 4.53. The molecule has 17 heavy (non-hydrogen) atoms. The number of likely N-dealkylation sites (N-methyl/N-ethyl adjacent to an activating group) is 1. The maximum atomic E-state index is 3.23. The minimum atomic E-state index is 0.587. The van der Waals surface area contributed by atoms with Crippen LogP contribution >= 0.6 is 11.3 Å². The summed E-state index contributed by atoms with van der Waals surface area (Å²) in [4.78, 5) is 2.82. The predicted octanol–water partition coefficient (Wildman–Crippen LogP) is 4.05. The average molecular weight is 245 g/mol. The number of rotatable bonds is 4. The van der Waals surface area contributed by atoms with Crippen molar-refractivity contribution in [3.05, 3.63) is 46.8 Å². The zero-order chi connectivity index (χ0) is 12.3. The summed E-state index contributed by atoms with van der Waals surface area (Å²) in [5.74, 6) is 0.587. The molecule has 1 aromatic carbocycles. The predicted molar refractivity (Wildman–Crippen MR) is 76.8 cm³/mol. The van der Waals surface area contributed by atoms with Crippen molar-refractivity contribution in [3.63, 3.8) is 0 Å². The Bertz CT molecular complexity index is 470. The number of benzene rings is 1. The fourth-order valence-corrected chi connectivity index (χ4v) is 2.96. The molecule has 0 aliphatic carbocycles. The van der Waals surface area contributed by atoms with Gasteiger partial charge in [-0.1, -0.05) is 36.8 Å². The monoisotopic (exact) mass is 245 g/mol. The highest BCUT2D eigenvalue weighted by molar-refractivity contribution is 7.15. The lowest BCUT2D eigenvalue weighted by molar-refractivity contribution is 0.687. The minimum Gasteiger partial charge on any atom is -0.319 e. The van der Waals surface area contributed by atoms with Gasteiger partial charge in [0.05, 0.1) is 0 Å². The van der Waals surface area contributed by atoms with E-state index in [1.807, 2.05) is 18.4 Å². The number of thiophene rings is 1. The van der Waals surface area contributed by atoms with Crippen LogP contribution in [0.1, 0.15) is 23.3 Å². The van der Waals surface area contributed by atoms with Gasteiger partial charge in [0.15, 0.2) is 0 Å². The van der Waals surface area contributed by atoms with Crippen molar-refractivity contribution in [1.29, 1.82) is 0 Å². The highest BCUT2D eigenvalue weighted by atomic mass is 32.1. The van der Waals surface area contributed by atoms with E-state index in [0.29, 0.717) is 5.92 Å². The van der Waals surface area contributed by atoms with Gasteiger partial charge in [0, 0.05) is 22.2 Å². The maximum absolute atomic E-state index is 3.23. The molecule has 0 saturated heterocycles. The molecule has 0 spiro atoms. The molecule has 90 valence electrons. The molecular formula is C15H19NS. The van der Waals surface area contributed by atoms with Crippen molar-refractivity contribution in [2.24, 2.45) is 0 Å². The molecule has 1 unspecified atom stereocenters. The number of aryl methyl sites for hydroxylation is 1. The van der Waals surface area contributed by atoms with Crippen LogP contribution in [0.4, 0.5) is 0 Å². The molecule has 0 bridgehead atoms. The Hall–Kier alpha value is -1.12. The lowest BCUT2D eigenvalue weighted by Crippen LogP contribution is -2.13. The zero-order valence-corrected chi connectivity index (χ0v) is 11.5. The third kappa shape index (κ3) is 2.96. The fraction of sp³-hybridized carbons (Fsp3) is 0.333. The molecular weight excluding hydrogens is 226 g/mol. The Morgan fingerprint density at radius 1 is 1.12 bits per heavy atom. The van der Waals surface area contributed by atoms with Gasteiger partial charge in [-0.05, 0) is 31.7 Å². The van der Waals surface area contributed by atoms with E-state index in [2.05, 4.69) is 55.6 Å². The number of hydrogen-bond donors (Lipinski definition) is 1. The quantitative estimate of drug-likeness (QED) is 0.857. The van der Waals surface area contributed by atoms with E-state index in [4.69, 9.17) is 0 Å². The molecule has 2 heteroatoms. The van der Waals surface area contributed by atoms with E-state index in [1.165, 1.54) is 20.9 Å². The summed E-state index contributed by atoms with van der Waals surface area (Å²) < 4.78 is 0. The summed E-state index contributed by atoms with van der Waals surface area (Å²) in [6.07, 6.45) is 0. The molecule has 0 aliphatic heterocycles. The van der Waals surface area contributed by atoms with Gasteiger partial charge in [-0.3, -0.25) is 0 Å². The Morgan fingerprint density at radius 3 is 2.47 bits per heavy atom. The van der Waals surface area contributed by atoms with E-state index in [-0.39, 0.29) is 0 Å². The Morgan fingerprint density at radius 2 is 1.82 bits per heavy atom. The largest absolute Gasteiger partial charge is 0.319 e. The molecule has 2 aromatic rings. The van der Waals surface area contributed by atoms with E-state index < -0.39 is 0 Å². The lowest BCUT2D eigenvalue weighted by Gasteiger charge is -2.07. The maximum Gasteiger partial charge on any atom is 0.0345 e. The SMILES string of the molecule is CNCC(C)c1ccc(-c2ccc(C)cc2)s1. The first-order valence-corrected chi connectivity index (χ1v) is 6.83. The van der Waals surface area contributed by atoms with Gasteiger partial charge >= 0.3 is 0 Å². The van der Waals surface area contributed by atoms with Gasteiger partial charge in [0.25, 0.3) is 0 Å². The number of hydrogen-bond acceptors (Lipinski definition) is 2. The zero-order valence-electron chi connectivity index (χ0n) is 10.7. The first-order chi connectivity index (χ1) is 8.20. The van der Waals surface area contributed by atoms with Gasteiger partial charge in [0.2, 0.25) is 0 Å². The van der Waals surface area contributed by atoms with Crippen molar-refractivity contribution in [1.82, 2.24) is 5.32 Å². The van der Waals surface area contributed by atoms with Crippen molar-refractivity contribution in [2.75, 3.05) is 13.6 Å². The summed E-state index contributed by atoms with van der Waals surface area (Å²) in [5, 5.41) is 3.23. The molecule has 1 nitrogen and oxygen atoms in total. The van der Waals surface area contributed by atoms with Gasteiger partial charge < -0.3 is 5.32 Å². The van der Waals surface area contributed by atoms with Crippen LogP contribution in [0.2, 0.25) is 0 Å². The normalized spacial score (nSPS) is 12.6. The Kier molecular flexibility index (Phi) is 3.97. The van der Waals surface area contributed by atoms with Crippen molar-refractivity contribution in [2.45, 2.75) is 19.8 Å². The first kappa shape index (κ1) is 12.3. The van der Waals surface area contributed by atoms with E-state index in [9.17, 15) is 0 Å². The van der Waals surface area contributed by atoms with Crippen LogP contribution in [0.25, 0.3) is 10.4 Å². The molecule has 1 heterocycles. The molecule has 0 saturated carbocycles. The highest BCUT2D eigenvalue weighted by Crippen LogP contribution is 2.31. The van der Waals surface area contributed by atoms with Crippen molar-refractivity contribution >= 4 is 11.3 Å². The second kappa shape index (κ2) is 5.48. The van der Waals surface area contributed by atoms with Crippen LogP contribution in [0.3, 0.4) is 0 Å². The third-order valence-corrected chi connectivity index (χ3v) is 4.32. The number of nitrogens with one attached hydrogen (secondary N) is 1. The molecule has 0 amide bonds. The topological polar surface area (TPSA) is 12.0 Å². The van der Waals surface area contributed by atoms with Crippen LogP contribution in [-0.4, -0.2) is 13.6 Å². The van der Waals surface area contributed by atoms with Gasteiger partial charge in [-0.2, -0.15) is 0 Å². The molecule has 1 atom stereocenters. The molecule has 2 rings (SSSR count). The van der Waals surface area contributed by atoms with Crippen molar-refractivity contribution in [3.8, 4) is 10.4 Å². The second-order valence-corrected chi connectivity index (χ2v) is 5.64. The summed E-state index contributed by atoms with van der Waals surface area (Å²) in [7, 11) is 2.00. The molecule has 0 fully saturated rings. The van der Waals surface area contributed by atoms with Crippen LogP contribution in [0, 0.1) is 6.92 Å². The first-order valence-electron chi connectivity index (χ1n) is 6.02. The van der Waals surface area contributed by atoms with Crippen LogP contribution in [0.15, 0.2) is 36.4 Å². The van der Waals surface area contributed by atoms with E-state index >= 15 is 0 Å². The highest BCUT2D eigenvalue weighted by Gasteiger charge is 2.08. The summed E-state index contributed by atoms with van der Waals surface area (Å²) in [6, 6.07) is 13.2. The molecule has 0 aliphatic rings. The van der Waals surface area contributed by atoms with Gasteiger partial charge in [-0.15, -0.1) is 11.3 Å². The Balaban J connectivity index is 2.20. The van der Waals surface area contributed by atoms with Crippen LogP contribution < -0.4 is 5.32 Å². The van der Waals surface area contributed by atoms with Crippen LogP contribution in [-0.2, 0) is 0 Å². The van der Waals surface area contributed by atoms with E-state index in [0.717, 1.165) is 6.54 Å². The summed E-state index contributed by atoms with van der Waals surface area (Å²) in [5.41, 5.74) is 2.64. The molecule has 1 aromatic heterocycles. The smallest absolute Gasteiger partial charge is 0.0345 e. The Labute approximate surface area is 108 Å². The summed E-state index contributed by atoms with van der Waals surface area (Å²) >= 11 is 1.90. The van der Waals surface area contributed by atoms with E-state index in [1.54, 1.807) is 0 Å². The average Bonchev–Trinajstić information content (AvgIpc) is 2.80. The fourth-order valence-electron chi connectivity index (χ4n) is 1.90. The van der Waals surface area contributed by atoms with Crippen molar-refractivity contribution < 1.29 is 0 Å². The molecule has 1 N–H and O–H groups in total. The summed E-state index contributed by atoms with van der Waals surface area (Å²) in [6.45, 7) is 5.42. The minimum absolute atomic E-state index is 0.587. The van der Waals surface area contributed by atoms with Gasteiger partial charge in [0.1, 0.15) is 0 Å². The standard InChI is InChI=1S/C15H19NS/c1-11-4-6-13(7-5-11)15-9-8-14(17-15)12(2)10-16-3/h4-9,12,16H,10H2,1-3H3. The third-order valence-electron chi connectivity index (χ3n) is 2.96. The lowest BCUT2D eigenvalue weighted by atomic mass is 10.1. The van der Waals surface area contributed by atoms with Crippen LogP contribution in [0.5, 0.6) is 0 Å². The van der Waals surface area contributed by atoms with Gasteiger partial charge in [-0.25, -0.2) is 0 Å².